The van der Waals surface area contributed by atoms with Crippen LogP contribution < -0.4 is 15.4 Å². The van der Waals surface area contributed by atoms with Crippen molar-refractivity contribution in [2.45, 2.75) is 75.7 Å². The maximum Gasteiger partial charge on any atom is 0.252 e. The molecule has 2 saturated carbocycles. The molecule has 4 aromatic rings. The zero-order valence-corrected chi connectivity index (χ0v) is 30.9. The molecule has 2 aromatic heterocycles. The number of piperazine rings is 1. The summed E-state index contributed by atoms with van der Waals surface area (Å²) in [5.41, 5.74) is 4.44. The lowest BCUT2D eigenvalue weighted by atomic mass is 9.83. The average molecular weight is 765 g/mol. The zero-order chi connectivity index (χ0) is 36.7. The number of rotatable bonds is 14. The summed E-state index contributed by atoms with van der Waals surface area (Å²) in [7, 11) is 1.70. The molecular weight excluding hydrogens is 723 g/mol. The van der Waals surface area contributed by atoms with E-state index in [0.717, 1.165) is 85.2 Å². The second-order valence-electron chi connectivity index (χ2n) is 14.5. The van der Waals surface area contributed by atoms with Crippen LogP contribution in [0.3, 0.4) is 0 Å². The van der Waals surface area contributed by atoms with Crippen molar-refractivity contribution < 1.29 is 27.6 Å². The van der Waals surface area contributed by atoms with Crippen LogP contribution in [0.5, 0.6) is 5.75 Å². The van der Waals surface area contributed by atoms with E-state index in [4.69, 9.17) is 37.2 Å². The summed E-state index contributed by atoms with van der Waals surface area (Å²) in [4.78, 5) is 21.8. The highest BCUT2D eigenvalue weighted by Gasteiger charge is 2.59. The van der Waals surface area contributed by atoms with Gasteiger partial charge in [-0.25, -0.2) is 8.78 Å². The van der Waals surface area contributed by atoms with E-state index in [1.54, 1.807) is 13.3 Å². The Hall–Kier alpha value is -3.87. The first kappa shape index (κ1) is 36.1. The topological polar surface area (TPSA) is 102 Å². The van der Waals surface area contributed by atoms with Crippen LogP contribution in [0.4, 0.5) is 8.78 Å². The standard InChI is InChI=1S/C40H41Cl2F2N5O4/c1-51-14-2-3-26-15-24(31(41)19-46-26)21-49(40(12-13-40)25-6-7-25)39(50)36-30(16-27-18-45-20-35(36)47-27)23-4-8-28(9-5-23)52-22-29-17-34(48-53-29)37-32(43)10-11-33(44)38(37)42/h4-5,8-11,15,17,19,25,27,35,45,47H,2-3,6-7,12-14,16,18,20-22H2,1H3/t27-,35+/m1/s1. The van der Waals surface area contributed by atoms with Crippen molar-refractivity contribution >= 4 is 34.7 Å². The Balaban J connectivity index is 1.05. The number of pyridine rings is 1. The molecule has 4 heterocycles. The second kappa shape index (κ2) is 15.1. The number of amides is 1. The number of halogens is 4. The first-order chi connectivity index (χ1) is 25.7. The van der Waals surface area contributed by atoms with Gasteiger partial charge < -0.3 is 29.5 Å². The number of nitrogens with zero attached hydrogens (tertiary/aromatic N) is 3. The van der Waals surface area contributed by atoms with Gasteiger partial charge in [0.1, 0.15) is 29.7 Å². The molecule has 8 rings (SSSR count). The van der Waals surface area contributed by atoms with Gasteiger partial charge in [-0.1, -0.05) is 40.5 Å². The van der Waals surface area contributed by atoms with E-state index in [0.29, 0.717) is 48.6 Å². The molecule has 0 unspecified atom stereocenters. The number of nitrogens with one attached hydrogen (secondary N) is 2. The first-order valence-corrected chi connectivity index (χ1v) is 19.0. The van der Waals surface area contributed by atoms with Crippen molar-refractivity contribution in [3.05, 3.63) is 105 Å². The molecule has 2 atom stereocenters. The highest BCUT2D eigenvalue weighted by Crippen LogP contribution is 2.58. The molecule has 9 nitrogen and oxygen atoms in total. The van der Waals surface area contributed by atoms with Crippen molar-refractivity contribution in [2.75, 3.05) is 26.8 Å². The number of aryl methyl sites for hydroxylation is 1. The van der Waals surface area contributed by atoms with E-state index in [1.807, 2.05) is 24.3 Å². The van der Waals surface area contributed by atoms with Crippen LogP contribution in [-0.2, 0) is 29.1 Å². The van der Waals surface area contributed by atoms with Gasteiger partial charge in [-0.05, 0) is 97.9 Å². The largest absolute Gasteiger partial charge is 0.486 e. The molecule has 2 aromatic carbocycles. The number of methoxy groups -OCH3 is 1. The van der Waals surface area contributed by atoms with Gasteiger partial charge in [0.2, 0.25) is 0 Å². The molecule has 0 spiro atoms. The van der Waals surface area contributed by atoms with Crippen molar-refractivity contribution in [2.24, 2.45) is 5.92 Å². The molecule has 1 amide bonds. The second-order valence-corrected chi connectivity index (χ2v) is 15.3. The van der Waals surface area contributed by atoms with Gasteiger partial charge in [-0.2, -0.15) is 0 Å². The van der Waals surface area contributed by atoms with Crippen LogP contribution in [0.15, 0.2) is 64.8 Å². The summed E-state index contributed by atoms with van der Waals surface area (Å²) in [6.45, 7) is 2.58. The number of carbonyl (C=O) groups excluding carboxylic acids is 1. The first-order valence-electron chi connectivity index (χ1n) is 18.2. The third kappa shape index (κ3) is 7.47. The molecule has 2 bridgehead atoms. The lowest BCUT2D eigenvalue weighted by Crippen LogP contribution is -2.60. The van der Waals surface area contributed by atoms with Gasteiger partial charge in [-0.15, -0.1) is 0 Å². The zero-order valence-electron chi connectivity index (χ0n) is 29.4. The van der Waals surface area contributed by atoms with E-state index in [2.05, 4.69) is 31.7 Å². The molecule has 13 heteroatoms. The average Bonchev–Trinajstić information content (AvgIpc) is 4.10. The van der Waals surface area contributed by atoms with Crippen LogP contribution in [0.1, 0.15) is 61.1 Å². The number of ether oxygens (including phenoxy) is 2. The fourth-order valence-electron chi connectivity index (χ4n) is 7.99. The monoisotopic (exact) mass is 763 g/mol. The number of fused-ring (bicyclic) bond motifs is 2. The van der Waals surface area contributed by atoms with Gasteiger partial charge >= 0.3 is 0 Å². The number of hydrogen-bond donors (Lipinski definition) is 2. The Bertz CT molecular complexity index is 2030. The number of benzene rings is 2. The molecule has 53 heavy (non-hydrogen) atoms. The van der Waals surface area contributed by atoms with E-state index in [-0.39, 0.29) is 46.4 Å². The summed E-state index contributed by atoms with van der Waals surface area (Å²) >= 11 is 12.8. The number of carbonyl (C=O) groups is 1. The predicted octanol–water partition coefficient (Wildman–Crippen LogP) is 7.54. The maximum absolute atomic E-state index is 15.1. The minimum absolute atomic E-state index is 0.0109. The Kier molecular flexibility index (Phi) is 10.3. The van der Waals surface area contributed by atoms with Crippen molar-refractivity contribution in [3.8, 4) is 17.0 Å². The predicted molar refractivity (Wildman–Crippen MR) is 197 cm³/mol. The maximum atomic E-state index is 15.1. The molecular formula is C40H41Cl2F2N5O4. The SMILES string of the molecule is COCCCc1cc(CN(C(=O)C2=C(c3ccc(OCc4cc(-c5c(F)ccc(F)c5Cl)no4)cc3)C[C@@H]3CNC[C@@H]2N3)C2(C3CC3)CC2)c(Cl)cn1. The minimum Gasteiger partial charge on any atom is -0.486 e. The van der Waals surface area contributed by atoms with Crippen LogP contribution >= 0.6 is 23.2 Å². The van der Waals surface area contributed by atoms with Gasteiger partial charge in [0.25, 0.3) is 5.91 Å². The van der Waals surface area contributed by atoms with Gasteiger partial charge in [0, 0.05) is 68.5 Å². The summed E-state index contributed by atoms with van der Waals surface area (Å²) in [6.07, 6.45) is 8.32. The fourth-order valence-corrected chi connectivity index (χ4v) is 8.40. The molecule has 2 N–H and O–H groups in total. The molecule has 1 saturated heterocycles. The van der Waals surface area contributed by atoms with Crippen LogP contribution in [-0.4, -0.2) is 65.4 Å². The molecule has 2 aliphatic heterocycles. The van der Waals surface area contributed by atoms with Crippen molar-refractivity contribution in [3.63, 3.8) is 0 Å². The van der Waals surface area contributed by atoms with E-state index < -0.39 is 11.6 Å². The third-order valence-corrected chi connectivity index (χ3v) is 11.7. The summed E-state index contributed by atoms with van der Waals surface area (Å²) in [5.74, 6) is 0.0131. The van der Waals surface area contributed by atoms with Crippen molar-refractivity contribution in [1.82, 2.24) is 25.7 Å². The van der Waals surface area contributed by atoms with Gasteiger partial charge in [0.15, 0.2) is 5.76 Å². The summed E-state index contributed by atoms with van der Waals surface area (Å²) < 4.78 is 45.0. The molecule has 278 valence electrons. The lowest BCUT2D eigenvalue weighted by molar-refractivity contribution is -0.132. The Morgan fingerprint density at radius 3 is 2.62 bits per heavy atom. The third-order valence-electron chi connectivity index (χ3n) is 11.0. The lowest BCUT2D eigenvalue weighted by Gasteiger charge is -2.42. The highest BCUT2D eigenvalue weighted by molar-refractivity contribution is 6.33. The molecule has 3 fully saturated rings. The normalized spacial score (nSPS) is 20.4. The number of hydrogen-bond acceptors (Lipinski definition) is 8. The van der Waals surface area contributed by atoms with Crippen LogP contribution in [0.2, 0.25) is 10.0 Å². The Morgan fingerprint density at radius 1 is 1.08 bits per heavy atom. The molecule has 0 radical (unpaired) electrons. The molecule has 2 aliphatic carbocycles. The van der Waals surface area contributed by atoms with Crippen LogP contribution in [0, 0.1) is 17.6 Å². The van der Waals surface area contributed by atoms with Gasteiger partial charge in [0.05, 0.1) is 21.7 Å². The molecule has 4 aliphatic rings. The van der Waals surface area contributed by atoms with Gasteiger partial charge in [-0.3, -0.25) is 9.78 Å². The van der Waals surface area contributed by atoms with E-state index >= 15 is 4.79 Å². The summed E-state index contributed by atoms with van der Waals surface area (Å²) in [5, 5.41) is 11.4. The van der Waals surface area contributed by atoms with E-state index in [9.17, 15) is 8.78 Å². The minimum atomic E-state index is -0.749. The quantitative estimate of drug-likeness (QED) is 0.100. The smallest absolute Gasteiger partial charge is 0.252 e. The number of aromatic nitrogens is 2. The highest BCUT2D eigenvalue weighted by atomic mass is 35.5. The van der Waals surface area contributed by atoms with Crippen molar-refractivity contribution in [1.29, 1.82) is 0 Å². The van der Waals surface area contributed by atoms with Crippen LogP contribution in [0.25, 0.3) is 16.8 Å². The Labute approximate surface area is 317 Å². The van der Waals surface area contributed by atoms with E-state index in [1.165, 1.54) is 6.07 Å². The Morgan fingerprint density at radius 2 is 1.87 bits per heavy atom. The fraction of sp³-hybridized carbons (Fsp3) is 0.425. The summed E-state index contributed by atoms with van der Waals surface area (Å²) in [6, 6.07) is 13.3.